The predicted octanol–water partition coefficient (Wildman–Crippen LogP) is 3.96. The molecule has 0 unspecified atom stereocenters. The number of ether oxygens (including phenoxy) is 2. The van der Waals surface area contributed by atoms with Crippen LogP contribution >= 0.6 is 0 Å². The first-order chi connectivity index (χ1) is 16.2. The molecule has 0 aliphatic rings. The fourth-order valence-electron chi connectivity index (χ4n) is 3.86. The van der Waals surface area contributed by atoms with E-state index in [0.29, 0.717) is 17.7 Å². The number of esters is 1. The predicted molar refractivity (Wildman–Crippen MR) is 124 cm³/mol. The van der Waals surface area contributed by atoms with Crippen LogP contribution < -0.4 is 10.3 Å². The number of carbonyl (C=O) groups is 1. The van der Waals surface area contributed by atoms with Gasteiger partial charge in [-0.15, -0.1) is 0 Å². The molecule has 0 aliphatic heterocycles. The van der Waals surface area contributed by atoms with Gasteiger partial charge in [-0.05, 0) is 23.8 Å². The van der Waals surface area contributed by atoms with Crippen LogP contribution in [0, 0.1) is 0 Å². The Bertz CT molecular complexity index is 1250. The highest BCUT2D eigenvalue weighted by Gasteiger charge is 2.28. The van der Waals surface area contributed by atoms with Gasteiger partial charge in [-0.25, -0.2) is 0 Å². The molecule has 4 rings (SSSR count). The van der Waals surface area contributed by atoms with Gasteiger partial charge in [-0.1, -0.05) is 54.6 Å². The van der Waals surface area contributed by atoms with Gasteiger partial charge in [0.2, 0.25) is 0 Å². The molecule has 0 amide bonds. The van der Waals surface area contributed by atoms with Crippen LogP contribution in [0.3, 0.4) is 0 Å². The van der Waals surface area contributed by atoms with Gasteiger partial charge >= 0.3 is 5.97 Å². The number of methoxy groups -OCH3 is 1. The third-order valence-electron chi connectivity index (χ3n) is 5.46. The molecule has 0 bridgehead atoms. The third-order valence-corrected chi connectivity index (χ3v) is 5.46. The van der Waals surface area contributed by atoms with E-state index in [9.17, 15) is 9.59 Å². The summed E-state index contributed by atoms with van der Waals surface area (Å²) in [5, 5.41) is 5.69. The number of benzene rings is 2. The van der Waals surface area contributed by atoms with Crippen molar-refractivity contribution in [2.24, 2.45) is 0 Å². The number of hydrogen-bond donors (Lipinski definition) is 2. The van der Waals surface area contributed by atoms with Gasteiger partial charge in [0.15, 0.2) is 0 Å². The fourth-order valence-corrected chi connectivity index (χ4v) is 3.86. The van der Waals surface area contributed by atoms with Crippen LogP contribution in [-0.4, -0.2) is 28.3 Å². The highest BCUT2D eigenvalue weighted by atomic mass is 16.5. The van der Waals surface area contributed by atoms with Crippen molar-refractivity contribution in [1.82, 2.24) is 15.2 Å². The molecule has 7 heteroatoms. The normalized spacial score (nSPS) is 11.7. The van der Waals surface area contributed by atoms with Crippen molar-refractivity contribution in [2.45, 2.75) is 25.4 Å². The standard InChI is InChI=1S/C26H25N3O4/c1-32-24(30)16-21(25-22(28-29-26(25)31)15-18-9-3-2-4-10-18)20-12-5-6-13-23(20)33-17-19-11-7-8-14-27-19/h2-14,21H,15-17H2,1H3,(H2,28,29,31)/t21-/m0/s1. The summed E-state index contributed by atoms with van der Waals surface area (Å²) in [7, 11) is 1.34. The molecule has 1 atom stereocenters. The summed E-state index contributed by atoms with van der Waals surface area (Å²) in [5.41, 5.74) is 3.51. The molecular weight excluding hydrogens is 418 g/mol. The van der Waals surface area contributed by atoms with Gasteiger partial charge in [-0.3, -0.25) is 19.7 Å². The van der Waals surface area contributed by atoms with Gasteiger partial charge in [0.25, 0.3) is 5.56 Å². The van der Waals surface area contributed by atoms with Gasteiger partial charge in [0.1, 0.15) is 12.4 Å². The molecule has 0 spiro atoms. The number of H-pyrrole nitrogens is 2. The number of para-hydroxylation sites is 1. The molecule has 168 valence electrons. The van der Waals surface area contributed by atoms with Crippen molar-refractivity contribution in [2.75, 3.05) is 7.11 Å². The molecule has 0 radical (unpaired) electrons. The van der Waals surface area contributed by atoms with Crippen molar-refractivity contribution >= 4 is 5.97 Å². The Kier molecular flexibility index (Phi) is 6.99. The van der Waals surface area contributed by atoms with Gasteiger partial charge in [-0.2, -0.15) is 0 Å². The Balaban J connectivity index is 1.72. The summed E-state index contributed by atoms with van der Waals surface area (Å²) in [6.45, 7) is 0.267. The first kappa shape index (κ1) is 22.1. The van der Waals surface area contributed by atoms with E-state index < -0.39 is 11.9 Å². The maximum absolute atomic E-state index is 12.9. The van der Waals surface area contributed by atoms with Gasteiger partial charge in [0, 0.05) is 35.4 Å². The van der Waals surface area contributed by atoms with Crippen LogP contribution in [0.4, 0.5) is 0 Å². The second kappa shape index (κ2) is 10.5. The number of nitrogens with one attached hydrogen (secondary N) is 2. The summed E-state index contributed by atoms with van der Waals surface area (Å²) in [5.74, 6) is -0.375. The van der Waals surface area contributed by atoms with E-state index in [4.69, 9.17) is 9.47 Å². The second-order valence-electron chi connectivity index (χ2n) is 7.61. The lowest BCUT2D eigenvalue weighted by atomic mass is 9.86. The van der Waals surface area contributed by atoms with Crippen LogP contribution in [-0.2, 0) is 22.6 Å². The average Bonchev–Trinajstić information content (AvgIpc) is 3.22. The Labute approximate surface area is 191 Å². The van der Waals surface area contributed by atoms with Crippen molar-refractivity contribution in [3.63, 3.8) is 0 Å². The molecule has 7 nitrogen and oxygen atoms in total. The molecule has 0 fully saturated rings. The summed E-state index contributed by atoms with van der Waals surface area (Å²) in [4.78, 5) is 29.6. The summed E-state index contributed by atoms with van der Waals surface area (Å²) >= 11 is 0. The van der Waals surface area contributed by atoms with Crippen LogP contribution in [0.15, 0.2) is 83.8 Å². The average molecular weight is 444 g/mol. The lowest BCUT2D eigenvalue weighted by molar-refractivity contribution is -0.140. The van der Waals surface area contributed by atoms with E-state index in [-0.39, 0.29) is 18.6 Å². The number of carbonyl (C=O) groups excluding carboxylic acids is 1. The number of aromatic amines is 2. The van der Waals surface area contributed by atoms with Gasteiger partial charge in [0.05, 0.1) is 19.2 Å². The van der Waals surface area contributed by atoms with E-state index in [2.05, 4.69) is 15.2 Å². The largest absolute Gasteiger partial charge is 0.487 e. The fraction of sp³-hybridized carbons (Fsp3) is 0.192. The molecule has 0 saturated heterocycles. The van der Waals surface area contributed by atoms with Crippen molar-refractivity contribution in [3.8, 4) is 5.75 Å². The number of nitrogens with zero attached hydrogens (tertiary/aromatic N) is 1. The summed E-state index contributed by atoms with van der Waals surface area (Å²) in [6.07, 6.45) is 2.23. The molecule has 2 heterocycles. The van der Waals surface area contributed by atoms with Gasteiger partial charge < -0.3 is 14.6 Å². The minimum Gasteiger partial charge on any atom is -0.487 e. The van der Waals surface area contributed by atoms with E-state index >= 15 is 0 Å². The molecule has 2 N–H and O–H groups in total. The summed E-state index contributed by atoms with van der Waals surface area (Å²) in [6, 6.07) is 22.9. The second-order valence-corrected chi connectivity index (χ2v) is 7.61. The maximum Gasteiger partial charge on any atom is 0.306 e. The van der Waals surface area contributed by atoms with E-state index in [1.165, 1.54) is 7.11 Å². The minimum absolute atomic E-state index is 0.00316. The monoisotopic (exact) mass is 443 g/mol. The van der Waals surface area contributed by atoms with Crippen LogP contribution in [0.25, 0.3) is 0 Å². The maximum atomic E-state index is 12.9. The van der Waals surface area contributed by atoms with Crippen LogP contribution in [0.2, 0.25) is 0 Å². The number of hydrogen-bond acceptors (Lipinski definition) is 5. The smallest absolute Gasteiger partial charge is 0.306 e. The number of aromatic nitrogens is 3. The molecular formula is C26H25N3O4. The Morgan fingerprint density at radius 2 is 1.73 bits per heavy atom. The lowest BCUT2D eigenvalue weighted by Crippen LogP contribution is -2.19. The molecule has 0 saturated carbocycles. The van der Waals surface area contributed by atoms with E-state index in [1.807, 2.05) is 72.8 Å². The highest BCUT2D eigenvalue weighted by Crippen LogP contribution is 2.35. The first-order valence-corrected chi connectivity index (χ1v) is 10.7. The minimum atomic E-state index is -0.550. The molecule has 33 heavy (non-hydrogen) atoms. The first-order valence-electron chi connectivity index (χ1n) is 10.7. The Hall–Kier alpha value is -4.13. The zero-order valence-electron chi connectivity index (χ0n) is 18.3. The SMILES string of the molecule is COC(=O)C[C@@H](c1ccccc1OCc1ccccn1)c1c(Cc2ccccc2)[nH][nH]c1=O. The van der Waals surface area contributed by atoms with Crippen molar-refractivity contribution < 1.29 is 14.3 Å². The molecule has 2 aromatic heterocycles. The van der Waals surface area contributed by atoms with E-state index in [1.54, 1.807) is 6.20 Å². The highest BCUT2D eigenvalue weighted by molar-refractivity contribution is 5.71. The van der Waals surface area contributed by atoms with Crippen molar-refractivity contribution in [1.29, 1.82) is 0 Å². The third kappa shape index (κ3) is 5.38. The molecule has 4 aromatic rings. The lowest BCUT2D eigenvalue weighted by Gasteiger charge is -2.20. The van der Waals surface area contributed by atoms with Crippen molar-refractivity contribution in [3.05, 3.63) is 117 Å². The Morgan fingerprint density at radius 3 is 2.48 bits per heavy atom. The van der Waals surface area contributed by atoms with E-state index in [0.717, 1.165) is 22.5 Å². The number of rotatable bonds is 9. The molecule has 0 aliphatic carbocycles. The Morgan fingerprint density at radius 1 is 0.970 bits per heavy atom. The van der Waals surface area contributed by atoms with Crippen LogP contribution in [0.1, 0.15) is 40.4 Å². The zero-order valence-corrected chi connectivity index (χ0v) is 18.3. The molecule has 2 aromatic carbocycles. The summed E-state index contributed by atoms with van der Waals surface area (Å²) < 4.78 is 11.0. The van der Waals surface area contributed by atoms with Crippen LogP contribution in [0.5, 0.6) is 5.75 Å². The topological polar surface area (TPSA) is 97.1 Å². The zero-order chi connectivity index (χ0) is 23.0. The number of pyridine rings is 1. The quantitative estimate of drug-likeness (QED) is 0.382.